The average Bonchev–Trinajstić information content (AvgIpc) is 2.98. The number of rotatable bonds is 3. The van der Waals surface area contributed by atoms with Crippen molar-refractivity contribution in [2.75, 3.05) is 33.3 Å². The summed E-state index contributed by atoms with van der Waals surface area (Å²) < 4.78 is 0. The lowest BCUT2D eigenvalue weighted by atomic mass is 9.78. The van der Waals surface area contributed by atoms with E-state index in [4.69, 9.17) is 5.11 Å². The van der Waals surface area contributed by atoms with Gasteiger partial charge in [0.2, 0.25) is 5.91 Å². The van der Waals surface area contributed by atoms with Crippen molar-refractivity contribution in [2.24, 2.45) is 5.41 Å². The fourth-order valence-corrected chi connectivity index (χ4v) is 3.91. The Morgan fingerprint density at radius 2 is 2.00 bits per heavy atom. The molecule has 4 nitrogen and oxygen atoms in total. The lowest BCUT2D eigenvalue weighted by molar-refractivity contribution is -0.143. The van der Waals surface area contributed by atoms with E-state index in [9.17, 15) is 4.79 Å². The molecule has 1 unspecified atom stereocenters. The van der Waals surface area contributed by atoms with E-state index in [0.29, 0.717) is 12.3 Å². The minimum atomic E-state index is -0.136. The van der Waals surface area contributed by atoms with Gasteiger partial charge in [0.15, 0.2) is 0 Å². The van der Waals surface area contributed by atoms with E-state index in [1.54, 1.807) is 0 Å². The number of amides is 1. The number of benzene rings is 1. The monoisotopic (exact) mass is 326 g/mol. The molecule has 2 heterocycles. The van der Waals surface area contributed by atoms with Gasteiger partial charge in [-0.15, -0.1) is 0 Å². The number of aliphatic hydroxyl groups is 1. The third kappa shape index (κ3) is 3.63. The molecule has 3 rings (SSSR count). The van der Waals surface area contributed by atoms with Crippen LogP contribution in [0.5, 0.6) is 0 Å². The third-order valence-electron chi connectivity index (χ3n) is 5.21. The second-order valence-electron chi connectivity index (χ2n) is 7.04. The number of hydrogen-bond donors (Lipinski definition) is 1. The molecule has 0 saturated carbocycles. The van der Waals surface area contributed by atoms with Gasteiger partial charge in [-0.2, -0.15) is 0 Å². The summed E-state index contributed by atoms with van der Waals surface area (Å²) in [5.41, 5.74) is 2.11. The molecule has 0 bridgehead atoms. The number of aliphatic hydroxyl groups excluding tert-OH is 1. The van der Waals surface area contributed by atoms with Crippen molar-refractivity contribution in [3.8, 4) is 11.8 Å². The molecule has 2 aliphatic heterocycles. The number of likely N-dealkylation sites (tertiary alicyclic amines) is 2. The van der Waals surface area contributed by atoms with Crippen LogP contribution in [-0.2, 0) is 11.3 Å². The molecule has 2 fully saturated rings. The van der Waals surface area contributed by atoms with E-state index in [0.717, 1.165) is 51.0 Å². The maximum absolute atomic E-state index is 12.6. The van der Waals surface area contributed by atoms with Crippen molar-refractivity contribution in [3.63, 3.8) is 0 Å². The Balaban J connectivity index is 1.60. The molecule has 4 heteroatoms. The molecule has 24 heavy (non-hydrogen) atoms. The smallest absolute Gasteiger partial charge is 0.229 e. The minimum absolute atomic E-state index is 0.107. The summed E-state index contributed by atoms with van der Waals surface area (Å²) in [5.74, 6) is 6.33. The Kier molecular flexibility index (Phi) is 5.23. The van der Waals surface area contributed by atoms with Crippen LogP contribution in [0, 0.1) is 17.3 Å². The fraction of sp³-hybridized carbons (Fsp3) is 0.550. The van der Waals surface area contributed by atoms with Crippen molar-refractivity contribution >= 4 is 5.91 Å². The van der Waals surface area contributed by atoms with E-state index >= 15 is 0 Å². The van der Waals surface area contributed by atoms with Gasteiger partial charge in [-0.05, 0) is 43.5 Å². The Morgan fingerprint density at radius 3 is 2.75 bits per heavy atom. The summed E-state index contributed by atoms with van der Waals surface area (Å²) in [7, 11) is 1.93. The number of nitrogens with zero attached hydrogens (tertiary/aromatic N) is 2. The largest absolute Gasteiger partial charge is 0.395 e. The fourth-order valence-electron chi connectivity index (χ4n) is 3.91. The third-order valence-corrected chi connectivity index (χ3v) is 5.21. The van der Waals surface area contributed by atoms with E-state index in [-0.39, 0.29) is 12.0 Å². The van der Waals surface area contributed by atoms with Crippen molar-refractivity contribution in [1.82, 2.24) is 9.80 Å². The first-order valence-corrected chi connectivity index (χ1v) is 8.80. The number of carbonyl (C=O) groups excluding carboxylic acids is 1. The normalized spacial score (nSPS) is 24.2. The number of carbonyl (C=O) groups is 1. The lowest BCUT2D eigenvalue weighted by Crippen LogP contribution is -2.48. The maximum atomic E-state index is 12.6. The standard InChI is InChI=1S/C20H26N2O2/c1-21-12-4-10-20(19(21)24)11-13-22(16-20)15-18-8-6-17(7-9-18)5-2-3-14-23/h6-9,23H,3-4,10-16H2,1H3. The van der Waals surface area contributed by atoms with Gasteiger partial charge in [-0.1, -0.05) is 24.0 Å². The van der Waals surface area contributed by atoms with Gasteiger partial charge in [0.25, 0.3) is 0 Å². The van der Waals surface area contributed by atoms with Crippen molar-refractivity contribution in [1.29, 1.82) is 0 Å². The minimum Gasteiger partial charge on any atom is -0.395 e. The van der Waals surface area contributed by atoms with Gasteiger partial charge in [0.05, 0.1) is 12.0 Å². The molecule has 2 saturated heterocycles. The number of piperidine rings is 1. The van der Waals surface area contributed by atoms with Crippen LogP contribution in [0.15, 0.2) is 24.3 Å². The Morgan fingerprint density at radius 1 is 1.21 bits per heavy atom. The topological polar surface area (TPSA) is 43.8 Å². The highest BCUT2D eigenvalue weighted by Crippen LogP contribution is 2.40. The summed E-state index contributed by atoms with van der Waals surface area (Å²) in [6.45, 7) is 3.78. The highest BCUT2D eigenvalue weighted by atomic mass is 16.2. The summed E-state index contributed by atoms with van der Waals surface area (Å²) in [6.07, 6.45) is 3.66. The Bertz CT molecular complexity index is 644. The van der Waals surface area contributed by atoms with Gasteiger partial charge in [-0.25, -0.2) is 0 Å². The second-order valence-corrected chi connectivity index (χ2v) is 7.04. The molecule has 1 aromatic carbocycles. The van der Waals surface area contributed by atoms with Crippen molar-refractivity contribution in [3.05, 3.63) is 35.4 Å². The molecule has 1 N–H and O–H groups in total. The molecule has 1 amide bonds. The van der Waals surface area contributed by atoms with Crippen LogP contribution >= 0.6 is 0 Å². The molecule has 0 aliphatic carbocycles. The quantitative estimate of drug-likeness (QED) is 0.863. The van der Waals surface area contributed by atoms with Gasteiger partial charge in [0, 0.05) is 38.7 Å². The van der Waals surface area contributed by atoms with Crippen LogP contribution in [0.2, 0.25) is 0 Å². The van der Waals surface area contributed by atoms with Crippen LogP contribution in [0.4, 0.5) is 0 Å². The van der Waals surface area contributed by atoms with Gasteiger partial charge >= 0.3 is 0 Å². The zero-order valence-corrected chi connectivity index (χ0v) is 14.4. The van der Waals surface area contributed by atoms with Crippen LogP contribution in [-0.4, -0.2) is 54.1 Å². The first-order chi connectivity index (χ1) is 11.6. The predicted molar refractivity (Wildman–Crippen MR) is 94.2 cm³/mol. The van der Waals surface area contributed by atoms with Crippen molar-refractivity contribution < 1.29 is 9.90 Å². The van der Waals surface area contributed by atoms with Crippen LogP contribution in [0.3, 0.4) is 0 Å². The molecule has 1 aromatic rings. The lowest BCUT2D eigenvalue weighted by Gasteiger charge is -2.37. The molecule has 2 aliphatic rings. The van der Waals surface area contributed by atoms with E-state index in [1.807, 2.05) is 24.1 Å². The molecule has 0 radical (unpaired) electrons. The van der Waals surface area contributed by atoms with E-state index in [1.165, 1.54) is 5.56 Å². The molecule has 1 spiro atoms. The Hall–Kier alpha value is -1.83. The Labute approximate surface area is 144 Å². The van der Waals surface area contributed by atoms with Crippen LogP contribution in [0.1, 0.15) is 36.8 Å². The van der Waals surface area contributed by atoms with Crippen molar-refractivity contribution in [2.45, 2.75) is 32.2 Å². The molecule has 0 aromatic heterocycles. The van der Waals surface area contributed by atoms with Crippen LogP contribution < -0.4 is 0 Å². The summed E-state index contributed by atoms with van der Waals surface area (Å²) in [6, 6.07) is 8.29. The zero-order valence-electron chi connectivity index (χ0n) is 14.4. The average molecular weight is 326 g/mol. The first kappa shape index (κ1) is 17.0. The van der Waals surface area contributed by atoms with E-state index < -0.39 is 0 Å². The zero-order chi connectivity index (χ0) is 17.0. The van der Waals surface area contributed by atoms with Gasteiger partial charge < -0.3 is 10.0 Å². The first-order valence-electron chi connectivity index (χ1n) is 8.80. The molecule has 1 atom stereocenters. The molecule has 128 valence electrons. The predicted octanol–water partition coefficient (Wildman–Crippen LogP) is 1.86. The highest BCUT2D eigenvalue weighted by molar-refractivity contribution is 5.83. The van der Waals surface area contributed by atoms with Crippen LogP contribution in [0.25, 0.3) is 0 Å². The maximum Gasteiger partial charge on any atom is 0.229 e. The molecular weight excluding hydrogens is 300 g/mol. The second kappa shape index (κ2) is 7.38. The number of hydrogen-bond acceptors (Lipinski definition) is 3. The molecular formula is C20H26N2O2. The highest BCUT2D eigenvalue weighted by Gasteiger charge is 2.47. The summed E-state index contributed by atoms with van der Waals surface area (Å²) >= 11 is 0. The van der Waals surface area contributed by atoms with Gasteiger partial charge in [-0.3, -0.25) is 9.69 Å². The van der Waals surface area contributed by atoms with Gasteiger partial charge in [0.1, 0.15) is 0 Å². The summed E-state index contributed by atoms with van der Waals surface area (Å²) in [4.78, 5) is 16.9. The van der Waals surface area contributed by atoms with E-state index in [2.05, 4.69) is 28.9 Å². The summed E-state index contributed by atoms with van der Waals surface area (Å²) in [5, 5.41) is 8.75. The SMILES string of the molecule is CN1CCCC2(CCN(Cc3ccc(C#CCCO)cc3)C2)C1=O.